The molecule has 1 radical (unpaired) electrons. The second-order valence-electron chi connectivity index (χ2n) is 0. The standard InChI is InChI=1S/BH2.Co.Fe.W/h1H2;;;/q+1;;;-1. The fourth-order valence-electron chi connectivity index (χ4n) is 0. The third-order valence-electron chi connectivity index (χ3n) is 0. The number of hydrogen-bond donors (Lipinski definition) is 0. The van der Waals surface area contributed by atoms with Gasteiger partial charge in [0.05, 0.1) is 0 Å². The molecule has 0 N–H and O–H groups in total. The van der Waals surface area contributed by atoms with Gasteiger partial charge in [-0.25, -0.2) is 0 Å². The number of hydrogen-bond acceptors (Lipinski definition) is 0. The van der Waals surface area contributed by atoms with Crippen LogP contribution in [0.1, 0.15) is 0 Å². The molecular weight excluding hydrogens is 309 g/mol. The maximum absolute atomic E-state index is 2.08. The molecule has 4 heavy (non-hydrogen) atoms. The topological polar surface area (TPSA) is 0 Å². The van der Waals surface area contributed by atoms with Gasteiger partial charge >= 0.3 is 25.7 Å². The van der Waals surface area contributed by atoms with E-state index in [1.54, 1.807) is 19.6 Å². The van der Waals surface area contributed by atoms with Crippen molar-refractivity contribution in [2.24, 2.45) is 0 Å². The van der Waals surface area contributed by atoms with E-state index in [1.807, 2.05) is 0 Å². The summed E-state index contributed by atoms with van der Waals surface area (Å²) in [6, 6.07) is 0. The van der Waals surface area contributed by atoms with Crippen molar-refractivity contribution in [2.75, 3.05) is 0 Å². The van der Waals surface area contributed by atoms with Gasteiger partial charge in [0.1, 0.15) is 0 Å². The Morgan fingerprint density at radius 2 is 1.25 bits per heavy atom. The molecule has 0 aromatic rings. The summed E-state index contributed by atoms with van der Waals surface area (Å²) in [4.78, 5) is 0. The average Bonchev–Trinajstić information content (AvgIpc) is 1.00. The molecule has 0 aliphatic heterocycles. The molecule has 0 spiro atoms. The van der Waals surface area contributed by atoms with Crippen LogP contribution in [0.3, 0.4) is 0 Å². The van der Waals surface area contributed by atoms with Crippen molar-refractivity contribution in [1.82, 2.24) is 0 Å². The summed E-state index contributed by atoms with van der Waals surface area (Å²) in [7, 11) is 0. The predicted molar refractivity (Wildman–Crippen MR) is 8.54 cm³/mol. The minimum Gasteiger partial charge on any atom is 0 e. The van der Waals surface area contributed by atoms with E-state index < -0.39 is 0 Å². The Labute approximate surface area is 59.2 Å². The first kappa shape index (κ1) is 17.1. The Bertz CT molecular complexity index is 8.00. The van der Waals surface area contributed by atoms with Gasteiger partial charge in [-0.15, -0.1) is 0 Å². The molecule has 0 unspecified atom stereocenters. The molecule has 0 saturated carbocycles. The quantitative estimate of drug-likeness (QED) is 0.508. The monoisotopic (exact) mass is 312 g/mol. The molecule has 0 rings (SSSR count). The van der Waals surface area contributed by atoms with E-state index in [0.717, 1.165) is 0 Å². The van der Waals surface area contributed by atoms with E-state index in [-0.39, 0.29) is 33.8 Å². The van der Waals surface area contributed by atoms with Crippen LogP contribution in [0.4, 0.5) is 0 Å². The van der Waals surface area contributed by atoms with Gasteiger partial charge in [-0.2, -0.15) is 0 Å². The third kappa shape index (κ3) is 9.22. The second kappa shape index (κ2) is 21.6. The van der Waals surface area contributed by atoms with Crippen LogP contribution >= 0.6 is 0 Å². The van der Waals surface area contributed by atoms with Crippen molar-refractivity contribution < 1.29 is 53.5 Å². The van der Waals surface area contributed by atoms with E-state index in [2.05, 4.69) is 6.11 Å². The van der Waals surface area contributed by atoms with Gasteiger partial charge in [-0.1, -0.05) is 0 Å². The van der Waals surface area contributed by atoms with Crippen molar-refractivity contribution in [3.63, 3.8) is 0 Å². The fourth-order valence-corrected chi connectivity index (χ4v) is 0. The molecule has 0 aliphatic carbocycles. The summed E-state index contributed by atoms with van der Waals surface area (Å²) in [5.41, 5.74) is 0. The molecule has 0 bridgehead atoms. The van der Waals surface area contributed by atoms with Crippen molar-refractivity contribution >= 4 is 6.11 Å². The molecule has 0 amide bonds. The van der Waals surface area contributed by atoms with E-state index in [1.165, 1.54) is 0 Å². The SMILES string of the molecule is [BH2][W].[Co].[Fe]. The van der Waals surface area contributed by atoms with Crippen molar-refractivity contribution in [1.29, 1.82) is 0 Å². The summed E-state index contributed by atoms with van der Waals surface area (Å²) in [5.74, 6) is 0. The largest absolute Gasteiger partial charge is 0 e. The second-order valence-corrected chi connectivity index (χ2v) is 0. The Morgan fingerprint density at radius 3 is 1.25 bits per heavy atom. The van der Waals surface area contributed by atoms with E-state index in [4.69, 9.17) is 0 Å². The molecule has 0 atom stereocenters. The summed E-state index contributed by atoms with van der Waals surface area (Å²) in [5, 5.41) is 0. The summed E-state index contributed by atoms with van der Waals surface area (Å²) in [6.07, 6.45) is 2.08. The molecule has 0 heterocycles. The van der Waals surface area contributed by atoms with Crippen LogP contribution in [-0.2, 0) is 53.5 Å². The first-order chi connectivity index (χ1) is 1.00. The normalized spacial score (nSPS) is 1.00. The van der Waals surface area contributed by atoms with Crippen LogP contribution in [0.25, 0.3) is 0 Å². The van der Waals surface area contributed by atoms with Crippen LogP contribution < -0.4 is 0 Å². The van der Waals surface area contributed by atoms with Gasteiger partial charge in [-0.3, -0.25) is 0 Å². The fraction of sp³-hybridized carbons (Fsp3) is 0. The molecule has 0 saturated heterocycles. The molecule has 28 valence electrons. The Morgan fingerprint density at radius 1 is 1.25 bits per heavy atom. The maximum Gasteiger partial charge on any atom is 0 e. The van der Waals surface area contributed by atoms with Gasteiger partial charge in [0.2, 0.25) is 0 Å². The maximum atomic E-state index is 2.08. The predicted octanol–water partition coefficient (Wildman–Crippen LogP) is -0.924. The molecule has 4 heteroatoms. The van der Waals surface area contributed by atoms with Crippen LogP contribution in [-0.4, -0.2) is 6.11 Å². The minimum atomic E-state index is 0. The summed E-state index contributed by atoms with van der Waals surface area (Å²) >= 11 is 1.58. The Hall–Kier alpha value is 1.78. The zero-order chi connectivity index (χ0) is 2.00. The third-order valence-corrected chi connectivity index (χ3v) is 0. The van der Waals surface area contributed by atoms with Gasteiger partial charge in [-0.05, 0) is 0 Å². The van der Waals surface area contributed by atoms with Crippen LogP contribution in [0.5, 0.6) is 0 Å². The van der Waals surface area contributed by atoms with Crippen LogP contribution in [0, 0.1) is 0 Å². The van der Waals surface area contributed by atoms with Crippen LogP contribution in [0.15, 0.2) is 0 Å². The zero-order valence-electron chi connectivity index (χ0n) is 2.10. The molecule has 0 aliphatic rings. The zero-order valence-corrected chi connectivity index (χ0v) is 7.17. The average molecular weight is 311 g/mol. The van der Waals surface area contributed by atoms with Crippen molar-refractivity contribution in [3.05, 3.63) is 0 Å². The summed E-state index contributed by atoms with van der Waals surface area (Å²) in [6.45, 7) is 0. The van der Waals surface area contributed by atoms with Crippen LogP contribution in [0.2, 0.25) is 0 Å². The molecule has 0 fully saturated rings. The molecule has 0 aromatic heterocycles. The molecular formula is H2BCoFeW. The first-order valence-corrected chi connectivity index (χ1v) is 3.34. The smallest absolute Gasteiger partial charge is 0 e. The van der Waals surface area contributed by atoms with E-state index in [9.17, 15) is 0 Å². The van der Waals surface area contributed by atoms with Gasteiger partial charge < -0.3 is 0 Å². The van der Waals surface area contributed by atoms with Crippen molar-refractivity contribution in [2.45, 2.75) is 0 Å². The van der Waals surface area contributed by atoms with Gasteiger partial charge in [0.25, 0.3) is 0 Å². The Kier molecular flexibility index (Phi) is 92.1. The van der Waals surface area contributed by atoms with E-state index in [0.29, 0.717) is 0 Å². The Balaban J connectivity index is -0.00000000500. The molecule has 0 aromatic carbocycles. The number of rotatable bonds is 0. The molecule has 0 nitrogen and oxygen atoms in total. The van der Waals surface area contributed by atoms with Gasteiger partial charge in [0, 0.05) is 33.8 Å². The van der Waals surface area contributed by atoms with Crippen molar-refractivity contribution in [3.8, 4) is 0 Å². The minimum absolute atomic E-state index is 0. The van der Waals surface area contributed by atoms with E-state index >= 15 is 0 Å². The van der Waals surface area contributed by atoms with Gasteiger partial charge in [0.15, 0.2) is 0 Å². The summed E-state index contributed by atoms with van der Waals surface area (Å²) < 4.78 is 0. The first-order valence-electron chi connectivity index (χ1n) is 0.408.